The lowest BCUT2D eigenvalue weighted by molar-refractivity contribution is 0.824. The van der Waals surface area contributed by atoms with Crippen molar-refractivity contribution in [2.75, 3.05) is 0 Å². The second-order valence-electron chi connectivity index (χ2n) is 4.33. The SMILES string of the molecule is Cc1ccc(-c2cc(CN)n(C)c2)cc1C. The van der Waals surface area contributed by atoms with Crippen LogP contribution in [0.3, 0.4) is 0 Å². The summed E-state index contributed by atoms with van der Waals surface area (Å²) in [5.74, 6) is 0. The first-order valence-electron chi connectivity index (χ1n) is 5.54. The van der Waals surface area contributed by atoms with Gasteiger partial charge < -0.3 is 10.3 Å². The van der Waals surface area contributed by atoms with E-state index in [0.717, 1.165) is 5.69 Å². The maximum Gasteiger partial charge on any atom is 0.0334 e. The molecule has 0 bridgehead atoms. The van der Waals surface area contributed by atoms with Crippen molar-refractivity contribution in [1.29, 1.82) is 0 Å². The lowest BCUT2D eigenvalue weighted by Crippen LogP contribution is -2.01. The highest BCUT2D eigenvalue weighted by molar-refractivity contribution is 5.65. The normalized spacial score (nSPS) is 10.8. The van der Waals surface area contributed by atoms with Crippen LogP contribution in [0.5, 0.6) is 0 Å². The van der Waals surface area contributed by atoms with Crippen LogP contribution >= 0.6 is 0 Å². The lowest BCUT2D eigenvalue weighted by Gasteiger charge is -2.02. The molecule has 0 atom stereocenters. The maximum atomic E-state index is 5.68. The molecule has 0 unspecified atom stereocenters. The highest BCUT2D eigenvalue weighted by atomic mass is 14.9. The molecule has 0 aliphatic rings. The van der Waals surface area contributed by atoms with Crippen molar-refractivity contribution in [3.8, 4) is 11.1 Å². The fourth-order valence-electron chi connectivity index (χ4n) is 1.89. The fraction of sp³-hybridized carbons (Fsp3) is 0.286. The third-order valence-corrected chi connectivity index (χ3v) is 3.16. The second kappa shape index (κ2) is 4.14. The molecule has 2 nitrogen and oxygen atoms in total. The van der Waals surface area contributed by atoms with Gasteiger partial charge in [-0.15, -0.1) is 0 Å². The lowest BCUT2D eigenvalue weighted by atomic mass is 10.0. The van der Waals surface area contributed by atoms with Gasteiger partial charge in [-0.25, -0.2) is 0 Å². The van der Waals surface area contributed by atoms with E-state index in [4.69, 9.17) is 5.73 Å². The quantitative estimate of drug-likeness (QED) is 0.818. The van der Waals surface area contributed by atoms with Gasteiger partial charge >= 0.3 is 0 Å². The Labute approximate surface area is 96.7 Å². The van der Waals surface area contributed by atoms with Crippen molar-refractivity contribution >= 4 is 0 Å². The molecule has 2 rings (SSSR count). The number of aromatic nitrogens is 1. The van der Waals surface area contributed by atoms with Crippen LogP contribution in [-0.2, 0) is 13.6 Å². The van der Waals surface area contributed by atoms with E-state index in [1.807, 2.05) is 7.05 Å². The van der Waals surface area contributed by atoms with Gasteiger partial charge in [-0.1, -0.05) is 18.2 Å². The summed E-state index contributed by atoms with van der Waals surface area (Å²) in [6.07, 6.45) is 2.13. The Morgan fingerprint density at radius 2 is 1.81 bits per heavy atom. The summed E-state index contributed by atoms with van der Waals surface area (Å²) >= 11 is 0. The third kappa shape index (κ3) is 1.89. The van der Waals surface area contributed by atoms with Gasteiger partial charge in [0.15, 0.2) is 0 Å². The van der Waals surface area contributed by atoms with Crippen molar-refractivity contribution in [2.45, 2.75) is 20.4 Å². The summed E-state index contributed by atoms with van der Waals surface area (Å²) < 4.78 is 2.09. The van der Waals surface area contributed by atoms with E-state index in [1.165, 1.54) is 22.3 Å². The van der Waals surface area contributed by atoms with Crippen LogP contribution in [0.15, 0.2) is 30.5 Å². The fourth-order valence-corrected chi connectivity index (χ4v) is 1.89. The van der Waals surface area contributed by atoms with Gasteiger partial charge in [0.1, 0.15) is 0 Å². The van der Waals surface area contributed by atoms with Crippen LogP contribution in [0.2, 0.25) is 0 Å². The van der Waals surface area contributed by atoms with Gasteiger partial charge in [-0.05, 0) is 42.2 Å². The molecule has 0 spiro atoms. The topological polar surface area (TPSA) is 30.9 Å². The van der Waals surface area contributed by atoms with Crippen molar-refractivity contribution < 1.29 is 0 Å². The molecule has 2 N–H and O–H groups in total. The van der Waals surface area contributed by atoms with Gasteiger partial charge in [0, 0.05) is 25.5 Å². The molecule has 0 fully saturated rings. The third-order valence-electron chi connectivity index (χ3n) is 3.16. The Morgan fingerprint density at radius 3 is 2.38 bits per heavy atom. The van der Waals surface area contributed by atoms with Gasteiger partial charge in [0.25, 0.3) is 0 Å². The number of hydrogen-bond acceptors (Lipinski definition) is 1. The molecule has 0 saturated carbocycles. The summed E-state index contributed by atoms with van der Waals surface area (Å²) in [5.41, 5.74) is 12.0. The maximum absolute atomic E-state index is 5.68. The van der Waals surface area contributed by atoms with E-state index in [0.29, 0.717) is 6.54 Å². The van der Waals surface area contributed by atoms with E-state index in [9.17, 15) is 0 Å². The second-order valence-corrected chi connectivity index (χ2v) is 4.33. The molecule has 0 radical (unpaired) electrons. The van der Waals surface area contributed by atoms with E-state index in [1.54, 1.807) is 0 Å². The minimum absolute atomic E-state index is 0.585. The molecule has 1 aromatic heterocycles. The molecule has 0 amide bonds. The largest absolute Gasteiger partial charge is 0.353 e. The summed E-state index contributed by atoms with van der Waals surface area (Å²) in [5, 5.41) is 0. The Morgan fingerprint density at radius 1 is 1.06 bits per heavy atom. The van der Waals surface area contributed by atoms with Gasteiger partial charge in [-0.3, -0.25) is 0 Å². The summed E-state index contributed by atoms with van der Waals surface area (Å²) in [6, 6.07) is 8.72. The molecule has 0 aliphatic carbocycles. The number of aryl methyl sites for hydroxylation is 3. The smallest absolute Gasteiger partial charge is 0.0334 e. The average Bonchev–Trinajstić information content (AvgIpc) is 2.64. The Kier molecular flexibility index (Phi) is 2.84. The molecular weight excluding hydrogens is 196 g/mol. The van der Waals surface area contributed by atoms with E-state index in [2.05, 4.69) is 48.9 Å². The minimum atomic E-state index is 0.585. The number of rotatable bonds is 2. The van der Waals surface area contributed by atoms with Crippen LogP contribution in [0.25, 0.3) is 11.1 Å². The molecule has 1 aromatic carbocycles. The van der Waals surface area contributed by atoms with E-state index >= 15 is 0 Å². The number of benzene rings is 1. The van der Waals surface area contributed by atoms with Gasteiger partial charge in [0.2, 0.25) is 0 Å². The molecule has 2 heteroatoms. The molecule has 16 heavy (non-hydrogen) atoms. The van der Waals surface area contributed by atoms with Gasteiger partial charge in [0.05, 0.1) is 0 Å². The highest BCUT2D eigenvalue weighted by Crippen LogP contribution is 2.23. The summed E-state index contributed by atoms with van der Waals surface area (Å²) in [7, 11) is 2.03. The molecule has 0 aliphatic heterocycles. The predicted octanol–water partition coefficient (Wildman–Crippen LogP) is 2.77. The van der Waals surface area contributed by atoms with Crippen LogP contribution in [-0.4, -0.2) is 4.57 Å². The zero-order valence-corrected chi connectivity index (χ0v) is 10.1. The Balaban J connectivity index is 2.46. The van der Waals surface area contributed by atoms with Crippen molar-refractivity contribution in [3.63, 3.8) is 0 Å². The molecule has 0 saturated heterocycles. The van der Waals surface area contributed by atoms with Crippen molar-refractivity contribution in [3.05, 3.63) is 47.3 Å². The Hall–Kier alpha value is -1.54. The summed E-state index contributed by atoms with van der Waals surface area (Å²) in [4.78, 5) is 0. The van der Waals surface area contributed by atoms with Crippen molar-refractivity contribution in [2.24, 2.45) is 12.8 Å². The highest BCUT2D eigenvalue weighted by Gasteiger charge is 2.04. The van der Waals surface area contributed by atoms with Crippen molar-refractivity contribution in [1.82, 2.24) is 4.57 Å². The zero-order valence-electron chi connectivity index (χ0n) is 10.1. The first kappa shape index (κ1) is 11.0. The number of nitrogens with two attached hydrogens (primary N) is 1. The minimum Gasteiger partial charge on any atom is -0.353 e. The zero-order chi connectivity index (χ0) is 11.7. The molecular formula is C14H18N2. The first-order valence-corrected chi connectivity index (χ1v) is 5.54. The van der Waals surface area contributed by atoms with E-state index < -0.39 is 0 Å². The first-order chi connectivity index (χ1) is 7.61. The average molecular weight is 214 g/mol. The standard InChI is InChI=1S/C14H18N2/c1-10-4-5-12(6-11(10)2)13-7-14(8-15)16(3)9-13/h4-7,9H,8,15H2,1-3H3. The molecule has 2 aromatic rings. The summed E-state index contributed by atoms with van der Waals surface area (Å²) in [6.45, 7) is 4.86. The van der Waals surface area contributed by atoms with Crippen LogP contribution < -0.4 is 5.73 Å². The molecule has 1 heterocycles. The predicted molar refractivity (Wildman–Crippen MR) is 68.2 cm³/mol. The molecule has 84 valence electrons. The monoisotopic (exact) mass is 214 g/mol. The van der Waals surface area contributed by atoms with Crippen LogP contribution in [0, 0.1) is 13.8 Å². The number of hydrogen-bond donors (Lipinski definition) is 1. The Bertz CT molecular complexity index is 509. The van der Waals surface area contributed by atoms with Crippen LogP contribution in [0.1, 0.15) is 16.8 Å². The number of nitrogens with zero attached hydrogens (tertiary/aromatic N) is 1. The van der Waals surface area contributed by atoms with Crippen LogP contribution in [0.4, 0.5) is 0 Å². The van der Waals surface area contributed by atoms with Gasteiger partial charge in [-0.2, -0.15) is 0 Å². The van der Waals surface area contributed by atoms with E-state index in [-0.39, 0.29) is 0 Å².